The average molecular weight is 417 g/mol. The number of nitrogens with two attached hydrogens (primary N) is 1. The highest BCUT2D eigenvalue weighted by atomic mass is 35.5. The summed E-state index contributed by atoms with van der Waals surface area (Å²) in [6, 6.07) is 0. The van der Waals surface area contributed by atoms with Gasteiger partial charge in [-0.05, 0) is 13.1 Å². The van der Waals surface area contributed by atoms with Gasteiger partial charge in [0.05, 0.1) is 18.9 Å². The van der Waals surface area contributed by atoms with Gasteiger partial charge in [-0.2, -0.15) is 0 Å². The standard InChI is InChI=1S/C19H25ClN8O/c1-3-26(4-2)11-14-12-28-16(20)15(13-9-22-19(21)23-10-13)25-17(18(28)24-14)27-5-7-29-8-6-27/h9-10,12H,3-8,11H2,1-2H3,(H2,21,22,23). The number of hydrogen-bond donors (Lipinski definition) is 1. The second-order valence-electron chi connectivity index (χ2n) is 6.89. The number of ether oxygens (including phenoxy) is 1. The summed E-state index contributed by atoms with van der Waals surface area (Å²) in [4.78, 5) is 22.4. The van der Waals surface area contributed by atoms with Crippen molar-refractivity contribution < 1.29 is 4.74 Å². The molecule has 4 heterocycles. The molecule has 1 saturated heterocycles. The molecule has 1 aliphatic heterocycles. The van der Waals surface area contributed by atoms with E-state index >= 15 is 0 Å². The van der Waals surface area contributed by atoms with Gasteiger partial charge in [-0.1, -0.05) is 25.4 Å². The Labute approximate surface area is 174 Å². The van der Waals surface area contributed by atoms with Crippen LogP contribution < -0.4 is 10.6 Å². The van der Waals surface area contributed by atoms with Gasteiger partial charge in [0, 0.05) is 43.8 Å². The molecule has 1 fully saturated rings. The summed E-state index contributed by atoms with van der Waals surface area (Å²) in [5.74, 6) is 0.999. The van der Waals surface area contributed by atoms with Crippen LogP contribution >= 0.6 is 11.6 Å². The van der Waals surface area contributed by atoms with Gasteiger partial charge in [0.15, 0.2) is 11.5 Å². The van der Waals surface area contributed by atoms with Crippen LogP contribution in [0.4, 0.5) is 11.8 Å². The first-order valence-corrected chi connectivity index (χ1v) is 10.2. The molecular formula is C19H25ClN8O. The molecule has 154 valence electrons. The minimum absolute atomic E-state index is 0.212. The maximum absolute atomic E-state index is 6.76. The molecular weight excluding hydrogens is 392 g/mol. The van der Waals surface area contributed by atoms with Crippen LogP contribution in [0.1, 0.15) is 19.5 Å². The molecule has 2 N–H and O–H groups in total. The van der Waals surface area contributed by atoms with Gasteiger partial charge in [-0.25, -0.2) is 19.9 Å². The number of hydrogen-bond acceptors (Lipinski definition) is 8. The minimum Gasteiger partial charge on any atom is -0.378 e. The second kappa shape index (κ2) is 8.48. The Balaban J connectivity index is 1.85. The lowest BCUT2D eigenvalue weighted by molar-refractivity contribution is 0.122. The highest BCUT2D eigenvalue weighted by molar-refractivity contribution is 6.32. The van der Waals surface area contributed by atoms with Crippen LogP contribution in [0.2, 0.25) is 5.15 Å². The van der Waals surface area contributed by atoms with E-state index in [-0.39, 0.29) is 5.95 Å². The average Bonchev–Trinajstić information content (AvgIpc) is 3.18. The number of rotatable bonds is 6. The van der Waals surface area contributed by atoms with Gasteiger partial charge in [0.2, 0.25) is 5.95 Å². The fourth-order valence-electron chi connectivity index (χ4n) is 3.44. The molecule has 0 spiro atoms. The first-order chi connectivity index (χ1) is 14.1. The third kappa shape index (κ3) is 3.98. The van der Waals surface area contributed by atoms with E-state index in [1.54, 1.807) is 12.4 Å². The zero-order valence-electron chi connectivity index (χ0n) is 16.7. The molecule has 0 bridgehead atoms. The van der Waals surface area contributed by atoms with Crippen LogP contribution in [0.25, 0.3) is 16.9 Å². The lowest BCUT2D eigenvalue weighted by Crippen LogP contribution is -2.37. The smallest absolute Gasteiger partial charge is 0.219 e. The molecule has 1 aliphatic rings. The lowest BCUT2D eigenvalue weighted by Gasteiger charge is -2.28. The third-order valence-electron chi connectivity index (χ3n) is 5.12. The topological polar surface area (TPSA) is 97.7 Å². The summed E-state index contributed by atoms with van der Waals surface area (Å²) < 4.78 is 7.42. The molecule has 9 nitrogen and oxygen atoms in total. The minimum atomic E-state index is 0.212. The molecule has 4 rings (SSSR count). The van der Waals surface area contributed by atoms with E-state index in [2.05, 4.69) is 33.6 Å². The van der Waals surface area contributed by atoms with Crippen LogP contribution in [0.3, 0.4) is 0 Å². The summed E-state index contributed by atoms with van der Waals surface area (Å²) in [6.07, 6.45) is 5.27. The lowest BCUT2D eigenvalue weighted by atomic mass is 10.2. The number of anilines is 2. The van der Waals surface area contributed by atoms with Crippen molar-refractivity contribution in [1.29, 1.82) is 0 Å². The molecule has 29 heavy (non-hydrogen) atoms. The van der Waals surface area contributed by atoms with E-state index in [0.29, 0.717) is 29.6 Å². The van der Waals surface area contributed by atoms with Crippen molar-refractivity contribution in [2.24, 2.45) is 0 Å². The maximum Gasteiger partial charge on any atom is 0.219 e. The molecule has 10 heteroatoms. The van der Waals surface area contributed by atoms with Gasteiger partial charge in [-0.15, -0.1) is 0 Å². The Morgan fingerprint density at radius 2 is 1.83 bits per heavy atom. The quantitative estimate of drug-likeness (QED) is 0.652. The molecule has 0 aromatic carbocycles. The largest absolute Gasteiger partial charge is 0.378 e. The summed E-state index contributed by atoms with van der Waals surface area (Å²) in [5.41, 5.74) is 8.66. The fraction of sp³-hybridized carbons (Fsp3) is 0.474. The van der Waals surface area contributed by atoms with Crippen molar-refractivity contribution >= 4 is 29.0 Å². The Morgan fingerprint density at radius 1 is 1.14 bits per heavy atom. The van der Waals surface area contributed by atoms with Crippen molar-refractivity contribution in [3.8, 4) is 11.3 Å². The SMILES string of the molecule is CCN(CC)Cc1cn2c(Cl)c(-c3cnc(N)nc3)nc(N3CCOCC3)c2n1. The maximum atomic E-state index is 6.76. The summed E-state index contributed by atoms with van der Waals surface area (Å²) >= 11 is 6.76. The van der Waals surface area contributed by atoms with E-state index in [9.17, 15) is 0 Å². The van der Waals surface area contributed by atoms with E-state index in [1.165, 1.54) is 0 Å². The first kappa shape index (κ1) is 19.8. The Hall–Kier alpha value is -2.49. The Morgan fingerprint density at radius 3 is 2.48 bits per heavy atom. The van der Waals surface area contributed by atoms with Crippen LogP contribution in [-0.2, 0) is 11.3 Å². The van der Waals surface area contributed by atoms with Gasteiger partial charge in [-0.3, -0.25) is 9.30 Å². The second-order valence-corrected chi connectivity index (χ2v) is 7.25. The fourth-order valence-corrected chi connectivity index (χ4v) is 3.72. The molecule has 0 saturated carbocycles. The third-order valence-corrected chi connectivity index (χ3v) is 5.48. The Bertz CT molecular complexity index is 980. The highest BCUT2D eigenvalue weighted by Crippen LogP contribution is 2.32. The van der Waals surface area contributed by atoms with Crippen LogP contribution in [-0.4, -0.2) is 68.6 Å². The van der Waals surface area contributed by atoms with Crippen molar-refractivity contribution in [3.63, 3.8) is 0 Å². The van der Waals surface area contributed by atoms with Gasteiger partial charge in [0.1, 0.15) is 10.8 Å². The van der Waals surface area contributed by atoms with Gasteiger partial charge in [0.25, 0.3) is 0 Å². The predicted octanol–water partition coefficient (Wildman–Crippen LogP) is 2.10. The molecule has 0 aliphatic carbocycles. The van der Waals surface area contributed by atoms with Crippen LogP contribution in [0, 0.1) is 0 Å². The number of morpholine rings is 1. The molecule has 0 radical (unpaired) electrons. The normalized spacial score (nSPS) is 14.8. The van der Waals surface area contributed by atoms with Gasteiger partial charge < -0.3 is 15.4 Å². The number of aromatic nitrogens is 5. The number of nitrogen functional groups attached to an aromatic ring is 1. The van der Waals surface area contributed by atoms with Gasteiger partial charge >= 0.3 is 0 Å². The summed E-state index contributed by atoms with van der Waals surface area (Å²) in [5, 5.41) is 0.476. The van der Waals surface area contributed by atoms with Crippen molar-refractivity contribution in [1.82, 2.24) is 29.2 Å². The molecule has 3 aromatic heterocycles. The van der Waals surface area contributed by atoms with Crippen LogP contribution in [0.5, 0.6) is 0 Å². The van der Waals surface area contributed by atoms with Crippen molar-refractivity contribution in [3.05, 3.63) is 29.4 Å². The van der Waals surface area contributed by atoms with E-state index in [1.807, 2.05) is 10.6 Å². The molecule has 3 aromatic rings. The summed E-state index contributed by atoms with van der Waals surface area (Å²) in [6.45, 7) is 9.78. The van der Waals surface area contributed by atoms with Crippen molar-refractivity contribution in [2.45, 2.75) is 20.4 Å². The number of imidazole rings is 1. The van der Waals surface area contributed by atoms with E-state index in [4.69, 9.17) is 32.0 Å². The number of nitrogens with zero attached hydrogens (tertiary/aromatic N) is 7. The first-order valence-electron chi connectivity index (χ1n) is 9.81. The molecule has 0 amide bonds. The van der Waals surface area contributed by atoms with Crippen molar-refractivity contribution in [2.75, 3.05) is 50.0 Å². The van der Waals surface area contributed by atoms with E-state index in [0.717, 1.165) is 49.9 Å². The predicted molar refractivity (Wildman–Crippen MR) is 113 cm³/mol. The molecule has 0 atom stereocenters. The zero-order chi connectivity index (χ0) is 20.4. The van der Waals surface area contributed by atoms with E-state index < -0.39 is 0 Å². The Kier molecular flexibility index (Phi) is 5.79. The number of halogens is 1. The van der Waals surface area contributed by atoms with Crippen LogP contribution in [0.15, 0.2) is 18.6 Å². The molecule has 0 unspecified atom stereocenters. The summed E-state index contributed by atoms with van der Waals surface area (Å²) in [7, 11) is 0. The number of fused-ring (bicyclic) bond motifs is 1. The highest BCUT2D eigenvalue weighted by Gasteiger charge is 2.23. The monoisotopic (exact) mass is 416 g/mol. The zero-order valence-corrected chi connectivity index (χ0v) is 17.4.